The maximum absolute atomic E-state index is 13.7. The van der Waals surface area contributed by atoms with Gasteiger partial charge < -0.3 is 19.7 Å². The Kier molecular flexibility index (Phi) is 9.82. The third-order valence-electron chi connectivity index (χ3n) is 6.23. The fourth-order valence-corrected chi connectivity index (χ4v) is 7.67. The largest absolute Gasteiger partial charge is 0.458 e. The number of sulfonamides is 1. The Bertz CT molecular complexity index is 1370. The molecule has 12 heteroatoms. The van der Waals surface area contributed by atoms with Crippen molar-refractivity contribution in [2.45, 2.75) is 75.4 Å². The second-order valence-electron chi connectivity index (χ2n) is 11.6. The van der Waals surface area contributed by atoms with Gasteiger partial charge in [-0.15, -0.1) is 11.8 Å². The summed E-state index contributed by atoms with van der Waals surface area (Å²) in [4.78, 5) is 39.2. The van der Waals surface area contributed by atoms with Crippen molar-refractivity contribution in [2.75, 3.05) is 19.8 Å². The lowest BCUT2D eigenvalue weighted by Crippen LogP contribution is -2.56. The number of thioether (sulfide) groups is 1. The zero-order chi connectivity index (χ0) is 30.8. The summed E-state index contributed by atoms with van der Waals surface area (Å²) in [6.07, 6.45) is -0.449. The molecule has 2 aromatic rings. The van der Waals surface area contributed by atoms with Crippen LogP contribution in [0.25, 0.3) is 0 Å². The first-order valence-corrected chi connectivity index (χ1v) is 15.6. The minimum atomic E-state index is -4.03. The van der Waals surface area contributed by atoms with Gasteiger partial charge in [-0.05, 0) is 71.4 Å². The minimum Gasteiger partial charge on any atom is -0.458 e. The van der Waals surface area contributed by atoms with Crippen LogP contribution in [0.4, 0.5) is 4.79 Å². The van der Waals surface area contributed by atoms with E-state index in [9.17, 15) is 22.8 Å². The summed E-state index contributed by atoms with van der Waals surface area (Å²) in [5.74, 6) is -0.692. The number of nitrogens with one attached hydrogen (secondary N) is 1. The second kappa shape index (κ2) is 12.4. The van der Waals surface area contributed by atoms with Gasteiger partial charge in [0, 0.05) is 26.3 Å². The van der Waals surface area contributed by atoms with E-state index >= 15 is 0 Å². The maximum atomic E-state index is 13.7. The van der Waals surface area contributed by atoms with Crippen LogP contribution in [0, 0.1) is 6.92 Å². The summed E-state index contributed by atoms with van der Waals surface area (Å²) in [5.41, 5.74) is 0.782. The monoisotopic (exact) mass is 605 g/mol. The highest BCUT2D eigenvalue weighted by atomic mass is 32.2. The van der Waals surface area contributed by atoms with Crippen molar-refractivity contribution < 1.29 is 32.3 Å². The Labute approximate surface area is 246 Å². The fraction of sp³-hybridized carbons (Fsp3) is 0.483. The van der Waals surface area contributed by atoms with Gasteiger partial charge in [-0.25, -0.2) is 18.0 Å². The Balaban J connectivity index is 1.87. The number of amides is 2. The average Bonchev–Trinajstić information content (AvgIpc) is 3.19. The Morgan fingerprint density at radius 1 is 1.07 bits per heavy atom. The molecule has 3 rings (SSSR count). The fourth-order valence-electron chi connectivity index (χ4n) is 4.21. The number of hydrogen-bond donors (Lipinski definition) is 1. The number of hydrogen-bond acceptors (Lipinski definition) is 8. The molecule has 41 heavy (non-hydrogen) atoms. The molecule has 0 saturated carbocycles. The summed E-state index contributed by atoms with van der Waals surface area (Å²) < 4.78 is 39.5. The summed E-state index contributed by atoms with van der Waals surface area (Å²) in [7, 11) is -0.889. The smallest absolute Gasteiger partial charge is 0.414 e. The lowest BCUT2D eigenvalue weighted by Gasteiger charge is -2.33. The predicted octanol–water partition coefficient (Wildman–Crippen LogP) is 3.97. The first-order valence-electron chi connectivity index (χ1n) is 13.2. The Hall–Kier alpha value is -3.09. The van der Waals surface area contributed by atoms with E-state index in [1.807, 2.05) is 6.92 Å². The molecule has 0 radical (unpaired) electrons. The minimum absolute atomic E-state index is 0.0799. The molecular formula is C29H39N3O7S2. The van der Waals surface area contributed by atoms with Gasteiger partial charge in [0.1, 0.15) is 23.4 Å². The van der Waals surface area contributed by atoms with Gasteiger partial charge in [-0.3, -0.25) is 4.79 Å². The van der Waals surface area contributed by atoms with Crippen molar-refractivity contribution in [3.63, 3.8) is 0 Å². The molecular weight excluding hydrogens is 566 g/mol. The maximum Gasteiger partial charge on any atom is 0.414 e. The topological polar surface area (TPSA) is 122 Å². The molecule has 1 saturated heterocycles. The molecule has 1 fully saturated rings. The Morgan fingerprint density at radius 2 is 1.66 bits per heavy atom. The van der Waals surface area contributed by atoms with E-state index in [2.05, 4.69) is 5.32 Å². The van der Waals surface area contributed by atoms with Crippen LogP contribution in [0.3, 0.4) is 0 Å². The van der Waals surface area contributed by atoms with Gasteiger partial charge in [-0.1, -0.05) is 29.8 Å². The highest BCUT2D eigenvalue weighted by molar-refractivity contribution is 8.02. The number of ether oxygens (including phenoxy) is 2. The molecule has 1 heterocycles. The molecule has 2 atom stereocenters. The summed E-state index contributed by atoms with van der Waals surface area (Å²) in [6, 6.07) is 10.9. The van der Waals surface area contributed by atoms with Gasteiger partial charge in [0.25, 0.3) is 0 Å². The third-order valence-corrected chi connectivity index (χ3v) is 9.83. The SMILES string of the molecule is Cc1ccc(S(=O)(=O)N2[C@H](C(=O)N[C@@H](Cc3ccc(OC(=O)N(C)C)cc3)C(=O)OC(C)(C)C)CSC2(C)C)cc1. The standard InChI is InChI=1S/C29H39N3O7S2/c1-19-9-15-22(16-10-19)41(36,37)32-24(18-40-29(32,5)6)25(33)30-23(26(34)39-28(2,3)4)17-20-11-13-21(14-12-20)38-27(35)31(7)8/h9-16,23-24H,17-18H2,1-8H3,(H,30,33)/t23-,24-/m0/s1. The molecule has 0 bridgehead atoms. The van der Waals surface area contributed by atoms with E-state index in [1.165, 1.54) is 33.1 Å². The molecule has 2 aromatic carbocycles. The number of aryl methyl sites for hydroxylation is 1. The van der Waals surface area contributed by atoms with Gasteiger partial charge in [0.15, 0.2) is 0 Å². The van der Waals surface area contributed by atoms with Crippen LogP contribution in [0.15, 0.2) is 53.4 Å². The predicted molar refractivity (Wildman–Crippen MR) is 158 cm³/mol. The number of carbonyl (C=O) groups excluding carboxylic acids is 3. The molecule has 10 nitrogen and oxygen atoms in total. The summed E-state index contributed by atoms with van der Waals surface area (Å²) >= 11 is 1.35. The highest BCUT2D eigenvalue weighted by Crippen LogP contribution is 2.42. The van der Waals surface area contributed by atoms with Crippen LogP contribution in [-0.4, -0.2) is 78.0 Å². The zero-order valence-corrected chi connectivity index (χ0v) is 26.4. The number of nitrogens with zero attached hydrogens (tertiary/aromatic N) is 2. The zero-order valence-electron chi connectivity index (χ0n) is 24.8. The molecule has 0 aliphatic carbocycles. The molecule has 1 aliphatic rings. The molecule has 224 valence electrons. The van der Waals surface area contributed by atoms with Crippen molar-refractivity contribution in [1.82, 2.24) is 14.5 Å². The van der Waals surface area contributed by atoms with Crippen molar-refractivity contribution in [3.05, 3.63) is 59.7 Å². The second-order valence-corrected chi connectivity index (χ2v) is 15.0. The van der Waals surface area contributed by atoms with Crippen molar-refractivity contribution >= 4 is 39.8 Å². The Morgan fingerprint density at radius 3 is 2.20 bits per heavy atom. The van der Waals surface area contributed by atoms with E-state index in [-0.39, 0.29) is 17.1 Å². The molecule has 1 aliphatic heterocycles. The van der Waals surface area contributed by atoms with E-state index in [0.29, 0.717) is 11.3 Å². The third kappa shape index (κ3) is 8.23. The molecule has 0 spiro atoms. The van der Waals surface area contributed by atoms with Gasteiger partial charge in [0.05, 0.1) is 9.77 Å². The van der Waals surface area contributed by atoms with Crippen LogP contribution in [0.1, 0.15) is 45.7 Å². The summed E-state index contributed by atoms with van der Waals surface area (Å²) in [5, 5.41) is 2.77. The molecule has 0 unspecified atom stereocenters. The molecule has 1 N–H and O–H groups in total. The summed E-state index contributed by atoms with van der Waals surface area (Å²) in [6.45, 7) is 10.6. The van der Waals surface area contributed by atoms with Crippen LogP contribution < -0.4 is 10.1 Å². The molecule has 2 amide bonds. The van der Waals surface area contributed by atoms with Gasteiger partial charge in [-0.2, -0.15) is 4.31 Å². The number of carbonyl (C=O) groups is 3. The average molecular weight is 606 g/mol. The quantitative estimate of drug-likeness (QED) is 0.449. The van der Waals surface area contributed by atoms with Crippen LogP contribution in [-0.2, 0) is 30.8 Å². The van der Waals surface area contributed by atoms with Crippen molar-refractivity contribution in [1.29, 1.82) is 0 Å². The van der Waals surface area contributed by atoms with E-state index < -0.39 is 50.5 Å². The van der Waals surface area contributed by atoms with E-state index in [0.717, 1.165) is 5.56 Å². The van der Waals surface area contributed by atoms with Crippen LogP contribution in [0.2, 0.25) is 0 Å². The lowest BCUT2D eigenvalue weighted by atomic mass is 10.0. The van der Waals surface area contributed by atoms with Crippen LogP contribution in [0.5, 0.6) is 5.75 Å². The molecule has 0 aromatic heterocycles. The van der Waals surface area contributed by atoms with Crippen molar-refractivity contribution in [3.8, 4) is 5.75 Å². The van der Waals surface area contributed by atoms with E-state index in [4.69, 9.17) is 9.47 Å². The van der Waals surface area contributed by atoms with Gasteiger partial charge >= 0.3 is 12.1 Å². The number of rotatable bonds is 8. The highest BCUT2D eigenvalue weighted by Gasteiger charge is 2.51. The normalized spacial score (nSPS) is 17.9. The van der Waals surface area contributed by atoms with Crippen LogP contribution >= 0.6 is 11.8 Å². The first kappa shape index (κ1) is 32.4. The van der Waals surface area contributed by atoms with Gasteiger partial charge in [0.2, 0.25) is 15.9 Å². The van der Waals surface area contributed by atoms with Crippen molar-refractivity contribution in [2.24, 2.45) is 0 Å². The lowest BCUT2D eigenvalue weighted by molar-refractivity contribution is -0.158. The number of benzene rings is 2. The number of esters is 1. The first-order chi connectivity index (χ1) is 18.9. The van der Waals surface area contributed by atoms with E-state index in [1.54, 1.807) is 85.1 Å².